The standard InChI is InChI=1S/C18H38As3N3/c1-19(2)12-7-10-17-22-16-24(15-9-14-21(5)6)18(23-17)11-8-13-20(3)4/h7-16H2,1-6H3. The van der Waals surface area contributed by atoms with Crippen molar-refractivity contribution in [2.45, 2.75) is 82.0 Å². The Bertz CT molecular complexity index is 406. The number of hydrogen-bond acceptors (Lipinski definition) is 3. The molecule has 0 fully saturated rings. The minimum absolute atomic E-state index is 0.490. The molecule has 0 bridgehead atoms. The Morgan fingerprint density at radius 2 is 1.33 bits per heavy atom. The van der Waals surface area contributed by atoms with Crippen molar-refractivity contribution in [2.75, 3.05) is 13.2 Å². The number of hydrogen-bond donors (Lipinski definition) is 0. The van der Waals surface area contributed by atoms with Crippen LogP contribution in [-0.4, -0.2) is 73.7 Å². The van der Waals surface area contributed by atoms with Crippen molar-refractivity contribution in [3.05, 3.63) is 0 Å². The van der Waals surface area contributed by atoms with Crippen LogP contribution >= 0.6 is 0 Å². The molecule has 24 heavy (non-hydrogen) atoms. The Morgan fingerprint density at radius 1 is 0.792 bits per heavy atom. The van der Waals surface area contributed by atoms with Crippen LogP contribution in [0, 0.1) is 0 Å². The maximum absolute atomic E-state index is 4.99. The van der Waals surface area contributed by atoms with Gasteiger partial charge in [-0.2, -0.15) is 0 Å². The summed E-state index contributed by atoms with van der Waals surface area (Å²) in [5, 5.41) is 4.33. The normalized spacial score (nSPS) is 15.5. The third-order valence-corrected chi connectivity index (χ3v) is 11.7. The van der Waals surface area contributed by atoms with Crippen molar-refractivity contribution in [1.82, 2.24) is 4.90 Å². The van der Waals surface area contributed by atoms with E-state index in [9.17, 15) is 0 Å². The Kier molecular flexibility index (Phi) is 12.4. The third-order valence-electron chi connectivity index (χ3n) is 4.09. The zero-order valence-corrected chi connectivity index (χ0v) is 22.4. The van der Waals surface area contributed by atoms with Crippen LogP contribution in [-0.2, 0) is 0 Å². The van der Waals surface area contributed by atoms with E-state index < -0.39 is 44.0 Å². The molecule has 140 valence electrons. The van der Waals surface area contributed by atoms with Gasteiger partial charge in [0.1, 0.15) is 0 Å². The quantitative estimate of drug-likeness (QED) is 0.322. The zero-order chi connectivity index (χ0) is 17.9. The molecule has 0 aliphatic carbocycles. The van der Waals surface area contributed by atoms with Crippen LogP contribution in [0.1, 0.15) is 32.1 Å². The molecule has 0 saturated heterocycles. The molecule has 0 N–H and O–H groups in total. The predicted octanol–water partition coefficient (Wildman–Crippen LogP) is 5.27. The van der Waals surface area contributed by atoms with Gasteiger partial charge in [-0.25, -0.2) is 0 Å². The summed E-state index contributed by atoms with van der Waals surface area (Å²) in [6.45, 7) is 2.04. The fourth-order valence-electron chi connectivity index (χ4n) is 2.74. The minimum atomic E-state index is -0.499. The van der Waals surface area contributed by atoms with E-state index in [1.165, 1.54) is 53.7 Å². The van der Waals surface area contributed by atoms with Crippen molar-refractivity contribution in [3.8, 4) is 0 Å². The summed E-state index contributed by atoms with van der Waals surface area (Å²) in [4.78, 5) is 12.3. The molecule has 0 saturated carbocycles. The molecule has 1 aliphatic heterocycles. The van der Waals surface area contributed by atoms with Crippen LogP contribution in [0.2, 0.25) is 49.9 Å². The average Bonchev–Trinajstić information content (AvgIpc) is 2.48. The van der Waals surface area contributed by atoms with Crippen LogP contribution < -0.4 is 0 Å². The number of nitrogens with zero attached hydrogens (tertiary/aromatic N) is 3. The molecule has 1 aliphatic rings. The molecular formula is C18H38As3N3. The molecule has 0 amide bonds. The molecule has 0 radical (unpaired) electrons. The summed E-state index contributed by atoms with van der Waals surface area (Å²) in [6.07, 6.45) is 6.22. The monoisotopic (exact) mass is 521 g/mol. The van der Waals surface area contributed by atoms with E-state index in [0.29, 0.717) is 0 Å². The van der Waals surface area contributed by atoms with E-state index in [4.69, 9.17) is 9.98 Å². The summed E-state index contributed by atoms with van der Waals surface area (Å²) in [5.74, 6) is 2.49. The second-order valence-corrected chi connectivity index (χ2v) is 23.9. The Labute approximate surface area is 164 Å². The summed E-state index contributed by atoms with van der Waals surface area (Å²) < 4.78 is 0. The van der Waals surface area contributed by atoms with Crippen molar-refractivity contribution in [2.24, 2.45) is 9.98 Å². The Morgan fingerprint density at radius 3 is 1.92 bits per heavy atom. The maximum atomic E-state index is 4.99. The molecule has 1 heterocycles. The molecule has 1 rings (SSSR count). The molecule has 0 aromatic carbocycles. The molecule has 6 heteroatoms. The Hall–Kier alpha value is 0.815. The zero-order valence-electron chi connectivity index (χ0n) is 16.8. The van der Waals surface area contributed by atoms with E-state index in [1.54, 1.807) is 0 Å². The summed E-state index contributed by atoms with van der Waals surface area (Å²) in [7, 11) is 0. The van der Waals surface area contributed by atoms with Crippen LogP contribution in [0.5, 0.6) is 0 Å². The molecule has 0 atom stereocenters. The van der Waals surface area contributed by atoms with E-state index in [0.717, 1.165) is 18.9 Å². The van der Waals surface area contributed by atoms with Crippen molar-refractivity contribution in [3.63, 3.8) is 0 Å². The second-order valence-electron chi connectivity index (χ2n) is 7.48. The fraction of sp³-hybridized carbons (Fsp3) is 0.889. The number of amidine groups is 2. The van der Waals surface area contributed by atoms with Gasteiger partial charge >= 0.3 is 166 Å². The van der Waals surface area contributed by atoms with Gasteiger partial charge in [-0.05, 0) is 0 Å². The van der Waals surface area contributed by atoms with Crippen LogP contribution in [0.3, 0.4) is 0 Å². The summed E-state index contributed by atoms with van der Waals surface area (Å²) >= 11 is -1.48. The second kappa shape index (κ2) is 13.1. The van der Waals surface area contributed by atoms with E-state index in [-0.39, 0.29) is 0 Å². The number of rotatable bonds is 12. The molecule has 3 nitrogen and oxygen atoms in total. The molecule has 0 aromatic rings. The summed E-state index contributed by atoms with van der Waals surface area (Å²) in [6, 6.07) is 0. The van der Waals surface area contributed by atoms with E-state index in [2.05, 4.69) is 39.2 Å². The third kappa shape index (κ3) is 10.7. The molecular weight excluding hydrogens is 483 g/mol. The molecule has 0 unspecified atom stereocenters. The van der Waals surface area contributed by atoms with E-state index >= 15 is 0 Å². The first-order valence-electron chi connectivity index (χ1n) is 9.18. The fourth-order valence-corrected chi connectivity index (χ4v) is 7.68. The summed E-state index contributed by atoms with van der Waals surface area (Å²) in [5.41, 5.74) is 14.7. The van der Waals surface area contributed by atoms with Crippen molar-refractivity contribution in [1.29, 1.82) is 0 Å². The van der Waals surface area contributed by atoms with Crippen LogP contribution in [0.25, 0.3) is 0 Å². The van der Waals surface area contributed by atoms with Crippen molar-refractivity contribution >= 4 is 55.6 Å². The van der Waals surface area contributed by atoms with Gasteiger partial charge < -0.3 is 0 Å². The van der Waals surface area contributed by atoms with Gasteiger partial charge in [-0.1, -0.05) is 0 Å². The molecule has 0 spiro atoms. The SMILES string of the molecule is C[As](C)CCCC1=NCN(CCC[As](C)C)C(CCC[As](C)C)=N1. The van der Waals surface area contributed by atoms with Gasteiger partial charge in [0.05, 0.1) is 0 Å². The number of aliphatic imine (C=N–C) groups is 2. The van der Waals surface area contributed by atoms with Crippen molar-refractivity contribution < 1.29 is 0 Å². The van der Waals surface area contributed by atoms with Gasteiger partial charge in [0.15, 0.2) is 0 Å². The average molecular weight is 521 g/mol. The van der Waals surface area contributed by atoms with Gasteiger partial charge in [-0.15, -0.1) is 0 Å². The predicted molar refractivity (Wildman–Crippen MR) is 116 cm³/mol. The molecule has 0 aromatic heterocycles. The van der Waals surface area contributed by atoms with Gasteiger partial charge in [0.25, 0.3) is 0 Å². The first kappa shape index (κ1) is 22.9. The van der Waals surface area contributed by atoms with Crippen LogP contribution in [0.4, 0.5) is 0 Å². The van der Waals surface area contributed by atoms with Gasteiger partial charge in [0.2, 0.25) is 0 Å². The topological polar surface area (TPSA) is 28.0 Å². The Balaban J connectivity index is 2.55. The van der Waals surface area contributed by atoms with Gasteiger partial charge in [-0.3, -0.25) is 0 Å². The van der Waals surface area contributed by atoms with Gasteiger partial charge in [0, 0.05) is 0 Å². The van der Waals surface area contributed by atoms with E-state index in [1.807, 2.05) is 0 Å². The van der Waals surface area contributed by atoms with Crippen LogP contribution in [0.15, 0.2) is 9.98 Å². The first-order chi connectivity index (χ1) is 11.4. The first-order valence-corrected chi connectivity index (χ1v) is 24.4.